The van der Waals surface area contributed by atoms with Crippen molar-refractivity contribution < 1.29 is 9.15 Å². The summed E-state index contributed by atoms with van der Waals surface area (Å²) in [6.07, 6.45) is 2.56. The number of nitrogens with one attached hydrogen (secondary N) is 2. The summed E-state index contributed by atoms with van der Waals surface area (Å²) in [6.45, 7) is 4.12. The molecule has 6 heteroatoms. The number of rotatable bonds is 8. The van der Waals surface area contributed by atoms with Gasteiger partial charge in [0.1, 0.15) is 12.4 Å². The number of halogens is 1. The minimum absolute atomic E-state index is 0. The van der Waals surface area contributed by atoms with Crippen molar-refractivity contribution >= 4 is 29.9 Å². The highest BCUT2D eigenvalue weighted by molar-refractivity contribution is 14.0. The first-order chi connectivity index (χ1) is 11.3. The molecule has 0 bridgehead atoms. The zero-order valence-corrected chi connectivity index (χ0v) is 16.5. The Balaban J connectivity index is 0.00000288. The van der Waals surface area contributed by atoms with Crippen LogP contribution in [0.25, 0.3) is 0 Å². The van der Waals surface area contributed by atoms with Crippen LogP contribution in [0.3, 0.4) is 0 Å². The van der Waals surface area contributed by atoms with Crippen molar-refractivity contribution in [3.63, 3.8) is 0 Å². The Morgan fingerprint density at radius 2 is 2.00 bits per heavy atom. The summed E-state index contributed by atoms with van der Waals surface area (Å²) in [7, 11) is 1.78. The topological polar surface area (TPSA) is 58.8 Å². The van der Waals surface area contributed by atoms with E-state index in [0.717, 1.165) is 24.7 Å². The van der Waals surface area contributed by atoms with Gasteiger partial charge in [0.2, 0.25) is 0 Å². The first kappa shape index (κ1) is 20.5. The highest BCUT2D eigenvalue weighted by Crippen LogP contribution is 2.10. The maximum atomic E-state index is 5.55. The molecule has 2 N–H and O–H groups in total. The van der Waals surface area contributed by atoms with Crippen molar-refractivity contribution in [2.45, 2.75) is 26.0 Å². The summed E-state index contributed by atoms with van der Waals surface area (Å²) in [5, 5.41) is 6.68. The molecule has 0 spiro atoms. The number of hydrogen-bond acceptors (Lipinski definition) is 3. The van der Waals surface area contributed by atoms with Crippen LogP contribution in [0.15, 0.2) is 58.1 Å². The molecule has 1 aromatic carbocycles. The van der Waals surface area contributed by atoms with Gasteiger partial charge in [0.15, 0.2) is 5.96 Å². The molecule has 132 valence electrons. The maximum absolute atomic E-state index is 5.55. The number of aliphatic imine (C=N–C) groups is 1. The third kappa shape index (κ3) is 7.35. The van der Waals surface area contributed by atoms with Crippen LogP contribution in [0, 0.1) is 0 Å². The van der Waals surface area contributed by atoms with Crippen LogP contribution in [0.5, 0.6) is 0 Å². The van der Waals surface area contributed by atoms with Crippen LogP contribution in [0.2, 0.25) is 0 Å². The second-order valence-electron chi connectivity index (χ2n) is 5.26. The zero-order valence-electron chi connectivity index (χ0n) is 14.2. The molecule has 2 aromatic rings. The molecule has 1 heterocycles. The van der Waals surface area contributed by atoms with Crippen LogP contribution in [-0.4, -0.2) is 26.2 Å². The monoisotopic (exact) mass is 443 g/mol. The lowest BCUT2D eigenvalue weighted by atomic mass is 10.1. The van der Waals surface area contributed by atoms with E-state index in [1.165, 1.54) is 5.56 Å². The van der Waals surface area contributed by atoms with Gasteiger partial charge < -0.3 is 19.8 Å². The number of benzene rings is 1. The lowest BCUT2D eigenvalue weighted by molar-refractivity contribution is 0.105. The molecule has 0 saturated carbocycles. The largest absolute Gasteiger partial charge is 0.467 e. The van der Waals surface area contributed by atoms with Crippen molar-refractivity contribution in [2.75, 3.05) is 20.2 Å². The summed E-state index contributed by atoms with van der Waals surface area (Å²) in [4.78, 5) is 4.25. The highest BCUT2D eigenvalue weighted by Gasteiger charge is 2.06. The van der Waals surface area contributed by atoms with Gasteiger partial charge in [0, 0.05) is 20.2 Å². The van der Waals surface area contributed by atoms with Crippen LogP contribution < -0.4 is 10.6 Å². The zero-order chi connectivity index (χ0) is 16.3. The van der Waals surface area contributed by atoms with E-state index in [1.807, 2.05) is 30.3 Å². The van der Waals surface area contributed by atoms with Gasteiger partial charge in [-0.05, 0) is 31.0 Å². The number of guanidine groups is 1. The van der Waals surface area contributed by atoms with Crippen LogP contribution >= 0.6 is 24.0 Å². The van der Waals surface area contributed by atoms with E-state index in [9.17, 15) is 0 Å². The Hall–Kier alpha value is -1.54. The molecule has 1 atom stereocenters. The van der Waals surface area contributed by atoms with Gasteiger partial charge in [0.05, 0.1) is 12.3 Å². The molecule has 0 radical (unpaired) electrons. The average molecular weight is 443 g/mol. The second kappa shape index (κ2) is 11.9. The summed E-state index contributed by atoms with van der Waals surface area (Å²) in [5.41, 5.74) is 1.23. The molecule has 5 nitrogen and oxygen atoms in total. The van der Waals surface area contributed by atoms with Crippen molar-refractivity contribution in [2.24, 2.45) is 4.99 Å². The summed E-state index contributed by atoms with van der Waals surface area (Å²) >= 11 is 0. The summed E-state index contributed by atoms with van der Waals surface area (Å²) < 4.78 is 10.8. The van der Waals surface area contributed by atoms with Crippen molar-refractivity contribution in [3.8, 4) is 0 Å². The predicted octanol–water partition coefficient (Wildman–Crippen LogP) is 3.73. The fraction of sp³-hybridized carbons (Fsp3) is 0.389. The molecule has 0 fully saturated rings. The second-order valence-corrected chi connectivity index (χ2v) is 5.26. The summed E-state index contributed by atoms with van der Waals surface area (Å²) in [5.74, 6) is 1.65. The Bertz CT molecular complexity index is 573. The maximum Gasteiger partial charge on any atom is 0.191 e. The van der Waals surface area contributed by atoms with E-state index in [4.69, 9.17) is 9.15 Å². The molecule has 0 aliphatic rings. The lowest BCUT2D eigenvalue weighted by Crippen LogP contribution is -2.39. The van der Waals surface area contributed by atoms with Gasteiger partial charge in [-0.15, -0.1) is 24.0 Å². The van der Waals surface area contributed by atoms with E-state index < -0.39 is 0 Å². The first-order valence-electron chi connectivity index (χ1n) is 7.92. The molecule has 0 aliphatic heterocycles. The van der Waals surface area contributed by atoms with Crippen LogP contribution in [-0.2, 0) is 11.3 Å². The van der Waals surface area contributed by atoms with Gasteiger partial charge in [-0.3, -0.25) is 4.99 Å². The Labute approximate surface area is 160 Å². The van der Waals surface area contributed by atoms with E-state index in [0.29, 0.717) is 13.2 Å². The van der Waals surface area contributed by atoms with Crippen molar-refractivity contribution in [1.82, 2.24) is 10.6 Å². The fourth-order valence-corrected chi connectivity index (χ4v) is 2.17. The Morgan fingerprint density at radius 1 is 1.21 bits per heavy atom. The molecule has 0 saturated heterocycles. The molecule has 24 heavy (non-hydrogen) atoms. The standard InChI is InChI=1S/C18H25N3O2.HI/c1-15(16-8-4-3-5-9-16)21-18(19-2)20-11-7-12-22-14-17-10-6-13-23-17;/h3-6,8-10,13,15H,7,11-12,14H2,1-2H3,(H2,19,20,21);1H. The quantitative estimate of drug-likeness (QED) is 0.283. The third-order valence-corrected chi connectivity index (χ3v) is 3.46. The number of ether oxygens (including phenoxy) is 1. The molecule has 1 unspecified atom stereocenters. The normalized spacial score (nSPS) is 12.3. The number of hydrogen-bond donors (Lipinski definition) is 2. The van der Waals surface area contributed by atoms with Gasteiger partial charge in [0.25, 0.3) is 0 Å². The third-order valence-electron chi connectivity index (χ3n) is 3.46. The van der Waals surface area contributed by atoms with Crippen molar-refractivity contribution in [3.05, 3.63) is 60.1 Å². The summed E-state index contributed by atoms with van der Waals surface area (Å²) in [6, 6.07) is 14.3. The molecule has 0 amide bonds. The number of nitrogens with zero attached hydrogens (tertiary/aromatic N) is 1. The average Bonchev–Trinajstić information content (AvgIpc) is 3.11. The van der Waals surface area contributed by atoms with Crippen LogP contribution in [0.1, 0.15) is 30.7 Å². The Kier molecular flexibility index (Phi) is 10.2. The lowest BCUT2D eigenvalue weighted by Gasteiger charge is -2.18. The van der Waals surface area contributed by atoms with E-state index in [-0.39, 0.29) is 30.0 Å². The smallest absolute Gasteiger partial charge is 0.191 e. The highest BCUT2D eigenvalue weighted by atomic mass is 127. The van der Waals surface area contributed by atoms with Gasteiger partial charge in [-0.25, -0.2) is 0 Å². The van der Waals surface area contributed by atoms with Crippen LogP contribution in [0.4, 0.5) is 0 Å². The van der Waals surface area contributed by atoms with Crippen molar-refractivity contribution in [1.29, 1.82) is 0 Å². The molecular weight excluding hydrogens is 417 g/mol. The minimum atomic E-state index is 0. The molecular formula is C18H26IN3O2. The van der Waals surface area contributed by atoms with E-state index in [2.05, 4.69) is 34.7 Å². The predicted molar refractivity (Wildman–Crippen MR) is 108 cm³/mol. The molecule has 2 rings (SSSR count). The van der Waals surface area contributed by atoms with Gasteiger partial charge in [-0.2, -0.15) is 0 Å². The van der Waals surface area contributed by atoms with E-state index >= 15 is 0 Å². The van der Waals surface area contributed by atoms with E-state index in [1.54, 1.807) is 13.3 Å². The first-order valence-corrected chi connectivity index (χ1v) is 7.92. The fourth-order valence-electron chi connectivity index (χ4n) is 2.17. The SMILES string of the molecule is CN=C(NCCCOCc1ccco1)NC(C)c1ccccc1.I. The van der Waals surface area contributed by atoms with Gasteiger partial charge in [-0.1, -0.05) is 30.3 Å². The molecule has 0 aliphatic carbocycles. The molecule has 1 aromatic heterocycles. The van der Waals surface area contributed by atoms with Gasteiger partial charge >= 0.3 is 0 Å². The number of furan rings is 1. The Morgan fingerprint density at radius 3 is 2.67 bits per heavy atom. The minimum Gasteiger partial charge on any atom is -0.467 e.